The van der Waals surface area contributed by atoms with Crippen molar-refractivity contribution < 1.29 is 30.5 Å². The highest BCUT2D eigenvalue weighted by molar-refractivity contribution is 8.04. The third kappa shape index (κ3) is 4.34. The number of anilines is 1. The molecule has 2 aromatic carbocycles. The van der Waals surface area contributed by atoms with Gasteiger partial charge < -0.3 is 4.90 Å². The van der Waals surface area contributed by atoms with Gasteiger partial charge in [-0.3, -0.25) is 9.11 Å². The van der Waals surface area contributed by atoms with Crippen molar-refractivity contribution in [2.24, 2.45) is 0 Å². The van der Waals surface area contributed by atoms with Crippen LogP contribution in [0.3, 0.4) is 0 Å². The van der Waals surface area contributed by atoms with Gasteiger partial charge in [0.25, 0.3) is 21.0 Å². The first-order chi connectivity index (χ1) is 15.9. The number of rotatable bonds is 5. The SMILES string of the molecule is C/C(=C1\Sc2c(ccc3ccccc23)N1CS(=O)(=O)O)c1sc2nc(C)sc2[n+]1CS(=O)(=O)O. The standard InChI is InChI=1S/C20H17N3O6S5/c1-11(19-23(10-34(27,28)29)20-17(32-19)21-12(2)30-20)18-22(9-33(24,25)26)15-8-7-13-5-3-4-6-14(13)16(15)31-18/h3-8H,9-10H2,1-2H3,(H-,24,25,26,27,28,29)/p+1. The van der Waals surface area contributed by atoms with Crippen molar-refractivity contribution in [3.05, 3.63) is 51.4 Å². The van der Waals surface area contributed by atoms with E-state index in [1.807, 2.05) is 37.3 Å². The second kappa shape index (κ2) is 8.26. The first kappa shape index (κ1) is 23.7. The van der Waals surface area contributed by atoms with Crippen LogP contribution >= 0.6 is 34.4 Å². The highest BCUT2D eigenvalue weighted by Crippen LogP contribution is 2.52. The summed E-state index contributed by atoms with van der Waals surface area (Å²) in [6, 6.07) is 11.4. The van der Waals surface area contributed by atoms with Gasteiger partial charge >= 0.3 is 14.9 Å². The number of thioether (sulfide) groups is 1. The van der Waals surface area contributed by atoms with Gasteiger partial charge in [-0.25, -0.2) is 4.98 Å². The van der Waals surface area contributed by atoms with Gasteiger partial charge in [0.05, 0.1) is 21.3 Å². The maximum absolute atomic E-state index is 11.9. The van der Waals surface area contributed by atoms with E-state index in [0.717, 1.165) is 20.7 Å². The minimum absolute atomic E-state index is 0.520. The van der Waals surface area contributed by atoms with E-state index in [1.54, 1.807) is 13.0 Å². The van der Waals surface area contributed by atoms with Crippen LogP contribution < -0.4 is 9.47 Å². The maximum atomic E-state index is 11.9. The number of hydrogen-bond donors (Lipinski definition) is 2. The summed E-state index contributed by atoms with van der Waals surface area (Å²) in [6.07, 6.45) is 0. The molecular formula is C20H18N3O6S5+. The number of aromatic nitrogens is 2. The van der Waals surface area contributed by atoms with Gasteiger partial charge in [-0.2, -0.15) is 21.4 Å². The normalized spacial score (nSPS) is 15.9. The Hall–Kier alpha value is -2.07. The van der Waals surface area contributed by atoms with Gasteiger partial charge in [-0.05, 0) is 42.0 Å². The summed E-state index contributed by atoms with van der Waals surface area (Å²) in [4.78, 5) is 8.02. The average molecular weight is 557 g/mol. The predicted octanol–water partition coefficient (Wildman–Crippen LogP) is 4.10. The molecule has 0 aliphatic carbocycles. The van der Waals surface area contributed by atoms with Crippen LogP contribution in [-0.4, -0.2) is 36.8 Å². The van der Waals surface area contributed by atoms with E-state index in [1.165, 1.54) is 43.9 Å². The summed E-state index contributed by atoms with van der Waals surface area (Å²) < 4.78 is 68.2. The molecule has 4 aromatic rings. The molecule has 9 nitrogen and oxygen atoms in total. The lowest BCUT2D eigenvalue weighted by Crippen LogP contribution is -2.39. The third-order valence-electron chi connectivity index (χ3n) is 5.19. The molecule has 178 valence electrons. The van der Waals surface area contributed by atoms with E-state index >= 15 is 0 Å². The molecule has 0 unspecified atom stereocenters. The molecule has 0 bridgehead atoms. The lowest BCUT2D eigenvalue weighted by atomic mass is 10.1. The van der Waals surface area contributed by atoms with Gasteiger partial charge in [0.2, 0.25) is 4.83 Å². The second-order valence-electron chi connectivity index (χ2n) is 7.70. The fourth-order valence-corrected chi connectivity index (χ4v) is 8.95. The molecule has 2 N–H and O–H groups in total. The first-order valence-electron chi connectivity index (χ1n) is 9.80. The topological polar surface area (TPSA) is 129 Å². The molecule has 0 amide bonds. The Morgan fingerprint density at radius 2 is 1.79 bits per heavy atom. The molecule has 5 rings (SSSR count). The Labute approximate surface area is 207 Å². The van der Waals surface area contributed by atoms with E-state index in [9.17, 15) is 25.9 Å². The molecule has 0 saturated heterocycles. The lowest BCUT2D eigenvalue weighted by molar-refractivity contribution is -0.647. The van der Waals surface area contributed by atoms with E-state index in [0.29, 0.717) is 31.0 Å². The molecule has 34 heavy (non-hydrogen) atoms. The van der Waals surface area contributed by atoms with Crippen molar-refractivity contribution in [1.82, 2.24) is 4.98 Å². The third-order valence-corrected chi connectivity index (χ3v) is 10.0. The van der Waals surface area contributed by atoms with E-state index in [2.05, 4.69) is 4.98 Å². The van der Waals surface area contributed by atoms with Crippen LogP contribution in [0, 0.1) is 6.92 Å². The molecule has 1 aliphatic heterocycles. The number of hydrogen-bond acceptors (Lipinski definition) is 9. The quantitative estimate of drug-likeness (QED) is 0.276. The van der Waals surface area contributed by atoms with Crippen LogP contribution in [0.2, 0.25) is 0 Å². The molecule has 0 fully saturated rings. The summed E-state index contributed by atoms with van der Waals surface area (Å²) in [7, 11) is -8.75. The molecule has 0 atom stereocenters. The fourth-order valence-electron chi connectivity index (χ4n) is 3.91. The summed E-state index contributed by atoms with van der Waals surface area (Å²) in [5.74, 6) is -1.32. The van der Waals surface area contributed by atoms with Crippen LogP contribution in [0.15, 0.2) is 46.3 Å². The maximum Gasteiger partial charge on any atom is 0.326 e. The van der Waals surface area contributed by atoms with Crippen molar-refractivity contribution >= 4 is 86.4 Å². The second-order valence-corrected chi connectivity index (χ2v) is 13.7. The molecule has 0 spiro atoms. The molecular weight excluding hydrogens is 539 g/mol. The zero-order valence-electron chi connectivity index (χ0n) is 17.8. The largest absolute Gasteiger partial charge is 0.326 e. The summed E-state index contributed by atoms with van der Waals surface area (Å²) in [5.41, 5.74) is 1.23. The van der Waals surface area contributed by atoms with Crippen LogP contribution in [-0.2, 0) is 26.1 Å². The number of benzene rings is 2. The van der Waals surface area contributed by atoms with Crippen LogP contribution in [0.1, 0.15) is 16.9 Å². The average Bonchev–Trinajstić information content (AvgIpc) is 3.37. The molecule has 1 aliphatic rings. The smallest absolute Gasteiger partial charge is 0.317 e. The summed E-state index contributed by atoms with van der Waals surface area (Å²) >= 11 is 3.92. The van der Waals surface area contributed by atoms with E-state index < -0.39 is 32.0 Å². The highest BCUT2D eigenvalue weighted by atomic mass is 32.2. The monoisotopic (exact) mass is 556 g/mol. The van der Waals surface area contributed by atoms with E-state index in [4.69, 9.17) is 0 Å². The predicted molar refractivity (Wildman–Crippen MR) is 135 cm³/mol. The van der Waals surface area contributed by atoms with Crippen molar-refractivity contribution in [2.45, 2.75) is 24.6 Å². The highest BCUT2D eigenvalue weighted by Gasteiger charge is 2.36. The summed E-state index contributed by atoms with van der Waals surface area (Å²) in [6.45, 7) is 3.57. The van der Waals surface area contributed by atoms with Crippen molar-refractivity contribution in [3.8, 4) is 0 Å². The molecule has 2 aromatic heterocycles. The Balaban J connectivity index is 1.75. The molecule has 0 radical (unpaired) electrons. The van der Waals surface area contributed by atoms with Gasteiger partial charge in [0.1, 0.15) is 0 Å². The van der Waals surface area contributed by atoms with Gasteiger partial charge in [0, 0.05) is 4.90 Å². The Kier molecular flexibility index (Phi) is 5.75. The van der Waals surface area contributed by atoms with Crippen LogP contribution in [0.25, 0.3) is 26.0 Å². The Morgan fingerprint density at radius 3 is 2.50 bits per heavy atom. The minimum Gasteiger partial charge on any atom is -0.317 e. The molecule has 14 heteroatoms. The van der Waals surface area contributed by atoms with Crippen molar-refractivity contribution in [3.63, 3.8) is 0 Å². The zero-order valence-corrected chi connectivity index (χ0v) is 21.9. The fraction of sp³-hybridized carbons (Fsp3) is 0.200. The Morgan fingerprint density at radius 1 is 1.06 bits per heavy atom. The molecule has 0 saturated carbocycles. The number of allylic oxidation sites excluding steroid dienone is 1. The zero-order chi connectivity index (χ0) is 24.4. The van der Waals surface area contributed by atoms with Gasteiger partial charge in [0.15, 0.2) is 5.88 Å². The summed E-state index contributed by atoms with van der Waals surface area (Å²) in [5, 5.41) is 3.73. The first-order valence-corrected chi connectivity index (χ1v) is 15.5. The van der Waals surface area contributed by atoms with Gasteiger partial charge in [-0.15, -0.1) is 0 Å². The van der Waals surface area contributed by atoms with Crippen molar-refractivity contribution in [2.75, 3.05) is 10.8 Å². The number of fused-ring (bicyclic) bond motifs is 4. The van der Waals surface area contributed by atoms with Crippen molar-refractivity contribution in [1.29, 1.82) is 0 Å². The number of thiazole rings is 2. The Bertz CT molecular complexity index is 1720. The van der Waals surface area contributed by atoms with Crippen LogP contribution in [0.4, 0.5) is 5.69 Å². The molecule has 3 heterocycles. The lowest BCUT2D eigenvalue weighted by Gasteiger charge is -2.19. The minimum atomic E-state index is -4.38. The number of aryl methyl sites for hydroxylation is 1. The number of nitrogens with zero attached hydrogens (tertiary/aromatic N) is 3. The van der Waals surface area contributed by atoms with E-state index in [-0.39, 0.29) is 0 Å². The van der Waals surface area contributed by atoms with Gasteiger partial charge in [-0.1, -0.05) is 53.4 Å². The van der Waals surface area contributed by atoms with Crippen LogP contribution in [0.5, 0.6) is 0 Å².